The second kappa shape index (κ2) is 9.60. The van der Waals surface area contributed by atoms with Crippen LogP contribution in [0, 0.1) is 17.1 Å². The quantitative estimate of drug-likeness (QED) is 0.390. The van der Waals surface area contributed by atoms with Gasteiger partial charge in [-0.3, -0.25) is 4.79 Å². The molecule has 6 nitrogen and oxygen atoms in total. The van der Waals surface area contributed by atoms with Gasteiger partial charge in [0.2, 0.25) is 0 Å². The monoisotopic (exact) mass is 398 g/mol. The van der Waals surface area contributed by atoms with Crippen molar-refractivity contribution in [1.29, 1.82) is 5.26 Å². The van der Waals surface area contributed by atoms with E-state index in [1.807, 2.05) is 13.8 Å². The summed E-state index contributed by atoms with van der Waals surface area (Å²) in [7, 11) is 1.54. The summed E-state index contributed by atoms with van der Waals surface area (Å²) in [5.41, 5.74) is 0.525. The molecule has 0 radical (unpaired) electrons. The van der Waals surface area contributed by atoms with Gasteiger partial charge in [-0.15, -0.1) is 0 Å². The van der Waals surface area contributed by atoms with E-state index in [-0.39, 0.29) is 11.8 Å². The number of aliphatic hydroxyl groups excluding tert-OH is 1. The largest absolute Gasteiger partial charge is 0.511 e. The van der Waals surface area contributed by atoms with Crippen molar-refractivity contribution in [2.75, 3.05) is 12.4 Å². The topological polar surface area (TPSA) is 91.6 Å². The first kappa shape index (κ1) is 21.8. The van der Waals surface area contributed by atoms with Crippen molar-refractivity contribution in [3.05, 3.63) is 53.5 Å². The fourth-order valence-electron chi connectivity index (χ4n) is 2.54. The van der Waals surface area contributed by atoms with E-state index < -0.39 is 23.1 Å². The maximum atomic E-state index is 14.8. The number of carbonyl (C=O) groups is 1. The number of nitriles is 1. The van der Waals surface area contributed by atoms with Crippen LogP contribution in [-0.4, -0.2) is 24.2 Å². The maximum Gasteiger partial charge on any atom is 0.269 e. The fourth-order valence-corrected chi connectivity index (χ4v) is 2.54. The first-order valence-electron chi connectivity index (χ1n) is 9.06. The van der Waals surface area contributed by atoms with Gasteiger partial charge in [0.15, 0.2) is 5.57 Å². The molecule has 0 saturated carbocycles. The third kappa shape index (κ3) is 5.26. The molecule has 0 aliphatic carbocycles. The molecule has 0 fully saturated rings. The van der Waals surface area contributed by atoms with Crippen molar-refractivity contribution < 1.29 is 23.8 Å². The molecule has 0 aromatic heterocycles. The molecule has 0 heterocycles. The van der Waals surface area contributed by atoms with Gasteiger partial charge in [0.1, 0.15) is 29.1 Å². The number of methoxy groups -OCH3 is 1. The van der Waals surface area contributed by atoms with Crippen LogP contribution in [0.2, 0.25) is 0 Å². The maximum absolute atomic E-state index is 14.8. The molecule has 0 spiro atoms. The molecule has 2 rings (SSSR count). The number of benzene rings is 2. The Hall–Kier alpha value is -3.53. The molecule has 29 heavy (non-hydrogen) atoms. The number of nitrogens with zero attached hydrogens (tertiary/aromatic N) is 1. The fraction of sp³-hybridized carbons (Fsp3) is 0.273. The number of halogens is 1. The van der Waals surface area contributed by atoms with Crippen LogP contribution in [0.3, 0.4) is 0 Å². The number of anilines is 1. The number of carbonyl (C=O) groups excluding carboxylic acids is 1. The van der Waals surface area contributed by atoms with Crippen LogP contribution in [0.25, 0.3) is 11.1 Å². The molecule has 0 aliphatic heterocycles. The molecule has 2 aromatic rings. The molecule has 7 heteroatoms. The number of ether oxygens (including phenoxy) is 2. The third-order valence-electron chi connectivity index (χ3n) is 4.30. The number of rotatable bonds is 7. The molecule has 2 aromatic carbocycles. The van der Waals surface area contributed by atoms with Gasteiger partial charge in [0, 0.05) is 11.6 Å². The van der Waals surface area contributed by atoms with Crippen molar-refractivity contribution in [3.63, 3.8) is 0 Å². The van der Waals surface area contributed by atoms with Gasteiger partial charge in [0.05, 0.1) is 18.9 Å². The summed E-state index contributed by atoms with van der Waals surface area (Å²) in [6, 6.07) is 11.3. The number of hydrogen-bond donors (Lipinski definition) is 2. The molecule has 2 N–H and O–H groups in total. The Balaban J connectivity index is 2.54. The molecule has 0 aliphatic rings. The highest BCUT2D eigenvalue weighted by Crippen LogP contribution is 2.37. The van der Waals surface area contributed by atoms with Gasteiger partial charge in [-0.25, -0.2) is 4.39 Å². The Bertz CT molecular complexity index is 975. The molecular formula is C22H23FN2O4. The minimum absolute atomic E-state index is 0.150. The van der Waals surface area contributed by atoms with Crippen LogP contribution < -0.4 is 14.8 Å². The number of nitrogens with one attached hydrogen (secondary N) is 1. The summed E-state index contributed by atoms with van der Waals surface area (Å²) in [5.74, 6) is -1.09. The van der Waals surface area contributed by atoms with Crippen LogP contribution in [0.1, 0.15) is 27.2 Å². The average Bonchev–Trinajstić information content (AvgIpc) is 2.70. The SMILES string of the molecule is CCC(C)Oc1cc(NC(=O)/C(C#N)=C(/C)O)c(F)cc1-c1cccc(OC)c1. The number of amides is 1. The second-order valence-electron chi connectivity index (χ2n) is 6.42. The van der Waals surface area contributed by atoms with E-state index in [9.17, 15) is 14.3 Å². The van der Waals surface area contributed by atoms with Gasteiger partial charge in [0.25, 0.3) is 5.91 Å². The molecule has 1 atom stereocenters. The van der Waals surface area contributed by atoms with Crippen molar-refractivity contribution in [3.8, 4) is 28.7 Å². The molecule has 152 valence electrons. The highest BCUT2D eigenvalue weighted by Gasteiger charge is 2.19. The number of hydrogen-bond acceptors (Lipinski definition) is 5. The second-order valence-corrected chi connectivity index (χ2v) is 6.42. The van der Waals surface area contributed by atoms with E-state index in [0.29, 0.717) is 22.6 Å². The Labute approximate surface area is 169 Å². The Morgan fingerprint density at radius 1 is 1.34 bits per heavy atom. The first-order chi connectivity index (χ1) is 13.8. The summed E-state index contributed by atoms with van der Waals surface area (Å²) < 4.78 is 26.0. The van der Waals surface area contributed by atoms with E-state index in [1.54, 1.807) is 37.4 Å². The van der Waals surface area contributed by atoms with Crippen LogP contribution in [0.4, 0.5) is 10.1 Å². The zero-order valence-electron chi connectivity index (χ0n) is 16.7. The zero-order chi connectivity index (χ0) is 21.6. The average molecular weight is 398 g/mol. The van der Waals surface area contributed by atoms with Crippen molar-refractivity contribution in [2.24, 2.45) is 0 Å². The number of allylic oxidation sites excluding steroid dienone is 1. The Morgan fingerprint density at radius 3 is 2.66 bits per heavy atom. The summed E-state index contributed by atoms with van der Waals surface area (Å²) in [5, 5.41) is 20.8. The van der Waals surface area contributed by atoms with Crippen LogP contribution in [0.5, 0.6) is 11.5 Å². The van der Waals surface area contributed by atoms with Gasteiger partial charge < -0.3 is 19.9 Å². The molecular weight excluding hydrogens is 375 g/mol. The van der Waals surface area contributed by atoms with E-state index in [2.05, 4.69) is 5.32 Å². The highest BCUT2D eigenvalue weighted by atomic mass is 19.1. The lowest BCUT2D eigenvalue weighted by molar-refractivity contribution is -0.112. The van der Waals surface area contributed by atoms with Crippen LogP contribution in [-0.2, 0) is 4.79 Å². The lowest BCUT2D eigenvalue weighted by Crippen LogP contribution is -2.17. The van der Waals surface area contributed by atoms with Crippen LogP contribution in [0.15, 0.2) is 47.7 Å². The minimum Gasteiger partial charge on any atom is -0.511 e. The van der Waals surface area contributed by atoms with Gasteiger partial charge in [-0.2, -0.15) is 5.26 Å². The van der Waals surface area contributed by atoms with E-state index >= 15 is 0 Å². The summed E-state index contributed by atoms with van der Waals surface area (Å²) in [4.78, 5) is 12.2. The predicted octanol–water partition coefficient (Wildman–Crippen LogP) is 4.97. The molecule has 1 amide bonds. The van der Waals surface area contributed by atoms with Gasteiger partial charge in [-0.05, 0) is 44.0 Å². The summed E-state index contributed by atoms with van der Waals surface area (Å²) in [6.45, 7) is 5.04. The molecule has 0 bridgehead atoms. The standard InChI is InChI=1S/C22H23FN2O4/c1-5-13(2)29-21-11-20(25-22(27)18(12-24)14(3)26)19(23)10-17(21)15-7-6-8-16(9-15)28-4/h6-11,13,26H,5H2,1-4H3,(H,25,27)/b18-14-. The highest BCUT2D eigenvalue weighted by molar-refractivity contribution is 6.07. The third-order valence-corrected chi connectivity index (χ3v) is 4.30. The normalized spacial score (nSPS) is 12.4. The van der Waals surface area contributed by atoms with E-state index in [1.165, 1.54) is 19.1 Å². The minimum atomic E-state index is -0.907. The molecule has 0 saturated heterocycles. The smallest absolute Gasteiger partial charge is 0.269 e. The first-order valence-corrected chi connectivity index (χ1v) is 9.06. The van der Waals surface area contributed by atoms with Crippen molar-refractivity contribution in [1.82, 2.24) is 0 Å². The summed E-state index contributed by atoms with van der Waals surface area (Å²) >= 11 is 0. The van der Waals surface area contributed by atoms with Gasteiger partial charge >= 0.3 is 0 Å². The predicted molar refractivity (Wildman–Crippen MR) is 108 cm³/mol. The summed E-state index contributed by atoms with van der Waals surface area (Å²) in [6.07, 6.45) is 0.574. The lowest BCUT2D eigenvalue weighted by Gasteiger charge is -2.19. The number of aliphatic hydroxyl groups is 1. The lowest BCUT2D eigenvalue weighted by atomic mass is 10.0. The Morgan fingerprint density at radius 2 is 2.07 bits per heavy atom. The molecule has 1 unspecified atom stereocenters. The van der Waals surface area contributed by atoms with E-state index in [0.717, 1.165) is 6.42 Å². The Kier molecular flexibility index (Phi) is 7.21. The van der Waals surface area contributed by atoms with Crippen LogP contribution >= 0.6 is 0 Å². The van der Waals surface area contributed by atoms with Crippen molar-refractivity contribution in [2.45, 2.75) is 33.3 Å². The van der Waals surface area contributed by atoms with Gasteiger partial charge in [-0.1, -0.05) is 19.1 Å². The zero-order valence-corrected chi connectivity index (χ0v) is 16.7. The van der Waals surface area contributed by atoms with Crippen molar-refractivity contribution >= 4 is 11.6 Å². The van der Waals surface area contributed by atoms with E-state index in [4.69, 9.17) is 14.7 Å².